The maximum Gasteiger partial charge on any atom is 0.0726 e. The van der Waals surface area contributed by atoms with Gasteiger partial charge in [-0.1, -0.05) is 112 Å². The Bertz CT molecular complexity index is 276. The Morgan fingerprint density at radius 1 is 0.720 bits per heavy atom. The molecule has 0 saturated carbocycles. The molecule has 25 heavy (non-hydrogen) atoms. The summed E-state index contributed by atoms with van der Waals surface area (Å²) < 4.78 is 0. The molecule has 0 aliphatic heterocycles. The van der Waals surface area contributed by atoms with Gasteiger partial charge in [0, 0.05) is 0 Å². The number of aliphatic hydroxyl groups is 1. The molecule has 0 rings (SSSR count). The standard InChI is InChI=1S/C24H49O/c1-7-11-13-15-16-18-20-23(19-17-14-12-8-2)24(25,21(5)9-3)22(6)10-4/h21-23,25H,3,7-20H2,1-2,4-6H3. The van der Waals surface area contributed by atoms with E-state index < -0.39 is 5.60 Å². The van der Waals surface area contributed by atoms with Crippen LogP contribution in [0.15, 0.2) is 0 Å². The first-order chi connectivity index (χ1) is 12.0. The van der Waals surface area contributed by atoms with Gasteiger partial charge in [-0.15, -0.1) is 0 Å². The quantitative estimate of drug-likeness (QED) is 0.263. The summed E-state index contributed by atoms with van der Waals surface area (Å²) in [6.45, 7) is 15.4. The Kier molecular flexibility index (Phi) is 15.0. The molecule has 4 unspecified atom stereocenters. The average Bonchev–Trinajstić information content (AvgIpc) is 2.63. The summed E-state index contributed by atoms with van der Waals surface area (Å²) in [5, 5.41) is 11.8. The van der Waals surface area contributed by atoms with Crippen molar-refractivity contribution in [2.75, 3.05) is 0 Å². The molecule has 1 heteroatoms. The lowest BCUT2D eigenvalue weighted by molar-refractivity contribution is -0.112. The minimum atomic E-state index is -0.536. The molecular weight excluding hydrogens is 304 g/mol. The number of unbranched alkanes of at least 4 members (excludes halogenated alkanes) is 8. The summed E-state index contributed by atoms with van der Waals surface area (Å²) in [7, 11) is 0. The van der Waals surface area contributed by atoms with Crippen molar-refractivity contribution in [1.82, 2.24) is 0 Å². The predicted octanol–water partition coefficient (Wildman–Crippen LogP) is 7.96. The fourth-order valence-corrected chi connectivity index (χ4v) is 4.44. The minimum Gasteiger partial charge on any atom is -0.389 e. The molecule has 0 aliphatic carbocycles. The van der Waals surface area contributed by atoms with Crippen molar-refractivity contribution < 1.29 is 5.11 Å². The molecule has 0 fully saturated rings. The first-order valence-corrected chi connectivity index (χ1v) is 11.5. The minimum absolute atomic E-state index is 0.290. The third kappa shape index (κ3) is 8.94. The second-order valence-corrected chi connectivity index (χ2v) is 8.49. The first kappa shape index (κ1) is 25.0. The zero-order valence-electron chi connectivity index (χ0n) is 18.3. The van der Waals surface area contributed by atoms with Crippen LogP contribution in [0.1, 0.15) is 125 Å². The highest BCUT2D eigenvalue weighted by molar-refractivity contribution is 4.94. The molecule has 0 saturated heterocycles. The van der Waals surface area contributed by atoms with Gasteiger partial charge in [0.2, 0.25) is 0 Å². The van der Waals surface area contributed by atoms with E-state index in [-0.39, 0.29) is 0 Å². The van der Waals surface area contributed by atoms with Crippen LogP contribution in [-0.2, 0) is 0 Å². The van der Waals surface area contributed by atoms with E-state index in [1.54, 1.807) is 0 Å². The second kappa shape index (κ2) is 15.1. The summed E-state index contributed by atoms with van der Waals surface area (Å²) in [6.07, 6.45) is 17.5. The molecule has 0 aromatic heterocycles. The zero-order chi connectivity index (χ0) is 19.1. The van der Waals surface area contributed by atoms with Crippen molar-refractivity contribution in [3.63, 3.8) is 0 Å². The molecule has 0 aromatic rings. The molecule has 0 heterocycles. The first-order valence-electron chi connectivity index (χ1n) is 11.5. The van der Waals surface area contributed by atoms with Gasteiger partial charge < -0.3 is 5.11 Å². The lowest BCUT2D eigenvalue weighted by atomic mass is 9.65. The van der Waals surface area contributed by atoms with E-state index in [2.05, 4.69) is 41.5 Å². The van der Waals surface area contributed by atoms with E-state index in [9.17, 15) is 5.11 Å². The second-order valence-electron chi connectivity index (χ2n) is 8.49. The maximum absolute atomic E-state index is 11.8. The van der Waals surface area contributed by atoms with Crippen LogP contribution >= 0.6 is 0 Å². The van der Waals surface area contributed by atoms with Crippen LogP contribution in [0.3, 0.4) is 0 Å². The molecule has 1 nitrogen and oxygen atoms in total. The highest BCUT2D eigenvalue weighted by atomic mass is 16.3. The Balaban J connectivity index is 4.84. The third-order valence-electron chi connectivity index (χ3n) is 6.59. The number of rotatable bonds is 17. The molecule has 0 aliphatic rings. The third-order valence-corrected chi connectivity index (χ3v) is 6.59. The van der Waals surface area contributed by atoms with Crippen molar-refractivity contribution in [2.24, 2.45) is 17.8 Å². The fraction of sp³-hybridized carbons (Fsp3) is 0.958. The fourth-order valence-electron chi connectivity index (χ4n) is 4.44. The van der Waals surface area contributed by atoms with Gasteiger partial charge in [0.1, 0.15) is 0 Å². The lowest BCUT2D eigenvalue weighted by Gasteiger charge is -2.45. The molecule has 0 aromatic carbocycles. The Morgan fingerprint density at radius 2 is 1.16 bits per heavy atom. The van der Waals surface area contributed by atoms with Gasteiger partial charge in [0.15, 0.2) is 0 Å². The molecule has 0 bridgehead atoms. The van der Waals surface area contributed by atoms with E-state index in [1.165, 1.54) is 77.0 Å². The summed E-state index contributed by atoms with van der Waals surface area (Å²) in [4.78, 5) is 0. The molecule has 4 atom stereocenters. The highest BCUT2D eigenvalue weighted by Gasteiger charge is 2.43. The average molecular weight is 354 g/mol. The zero-order valence-corrected chi connectivity index (χ0v) is 18.3. The van der Waals surface area contributed by atoms with E-state index in [0.29, 0.717) is 17.8 Å². The summed E-state index contributed by atoms with van der Waals surface area (Å²) >= 11 is 0. The topological polar surface area (TPSA) is 20.2 Å². The molecule has 0 amide bonds. The smallest absolute Gasteiger partial charge is 0.0726 e. The SMILES string of the molecule is [CH2]CC(C)C(O)(C(C)CC)C(CCCCCC)CCCCCCCC. The van der Waals surface area contributed by atoms with E-state index in [4.69, 9.17) is 0 Å². The lowest BCUT2D eigenvalue weighted by Crippen LogP contribution is -2.49. The predicted molar refractivity (Wildman–Crippen MR) is 114 cm³/mol. The van der Waals surface area contributed by atoms with E-state index in [1.807, 2.05) is 0 Å². The van der Waals surface area contributed by atoms with Gasteiger partial charge in [-0.05, 0) is 37.0 Å². The van der Waals surface area contributed by atoms with Gasteiger partial charge in [0.25, 0.3) is 0 Å². The van der Waals surface area contributed by atoms with Crippen LogP contribution in [0.25, 0.3) is 0 Å². The van der Waals surface area contributed by atoms with Crippen LogP contribution < -0.4 is 0 Å². The van der Waals surface area contributed by atoms with Crippen molar-refractivity contribution >= 4 is 0 Å². The molecule has 1 N–H and O–H groups in total. The molecule has 0 spiro atoms. The monoisotopic (exact) mass is 353 g/mol. The van der Waals surface area contributed by atoms with Crippen molar-refractivity contribution in [1.29, 1.82) is 0 Å². The van der Waals surface area contributed by atoms with Crippen LogP contribution in [-0.4, -0.2) is 10.7 Å². The summed E-state index contributed by atoms with van der Waals surface area (Å²) in [5.74, 6) is 1.10. The van der Waals surface area contributed by atoms with Gasteiger partial charge in [0.05, 0.1) is 5.60 Å². The molecule has 1 radical (unpaired) electrons. The Labute approximate surface area is 160 Å². The van der Waals surface area contributed by atoms with E-state index in [0.717, 1.165) is 12.8 Å². The summed E-state index contributed by atoms with van der Waals surface area (Å²) in [6, 6.07) is 0. The number of hydrogen-bond donors (Lipinski definition) is 1. The van der Waals surface area contributed by atoms with Crippen LogP contribution in [0.4, 0.5) is 0 Å². The normalized spacial score (nSPS) is 17.9. The highest BCUT2D eigenvalue weighted by Crippen LogP contribution is 2.42. The van der Waals surface area contributed by atoms with E-state index >= 15 is 0 Å². The molecule has 151 valence electrons. The van der Waals surface area contributed by atoms with Crippen LogP contribution in [0.5, 0.6) is 0 Å². The van der Waals surface area contributed by atoms with Crippen molar-refractivity contribution in [2.45, 2.75) is 130 Å². The maximum atomic E-state index is 11.8. The Hall–Kier alpha value is -0.0400. The number of hydrogen-bond acceptors (Lipinski definition) is 1. The van der Waals surface area contributed by atoms with Crippen molar-refractivity contribution in [3.8, 4) is 0 Å². The van der Waals surface area contributed by atoms with Gasteiger partial charge >= 0.3 is 0 Å². The van der Waals surface area contributed by atoms with Crippen molar-refractivity contribution in [3.05, 3.63) is 6.92 Å². The largest absolute Gasteiger partial charge is 0.389 e. The molecular formula is C24H49O. The van der Waals surface area contributed by atoms with Gasteiger partial charge in [-0.25, -0.2) is 0 Å². The van der Waals surface area contributed by atoms with Gasteiger partial charge in [-0.3, -0.25) is 0 Å². The van der Waals surface area contributed by atoms with Gasteiger partial charge in [-0.2, -0.15) is 0 Å². The van der Waals surface area contributed by atoms with Crippen LogP contribution in [0.2, 0.25) is 0 Å². The van der Waals surface area contributed by atoms with Crippen LogP contribution in [0, 0.1) is 24.7 Å². The Morgan fingerprint density at radius 3 is 1.60 bits per heavy atom. The summed E-state index contributed by atoms with van der Waals surface area (Å²) in [5.41, 5.74) is -0.536.